The van der Waals surface area contributed by atoms with Gasteiger partial charge in [-0.1, -0.05) is 45.8 Å². The summed E-state index contributed by atoms with van der Waals surface area (Å²) in [7, 11) is 0. The molecule has 3 heteroatoms. The first-order valence-corrected chi connectivity index (χ1v) is 6.68. The SMILES string of the molecule is Cc1ccc(Cn2cc3cc(Br)ccc3n2)cc1. The summed E-state index contributed by atoms with van der Waals surface area (Å²) in [6.45, 7) is 2.91. The van der Waals surface area contributed by atoms with Crippen molar-refractivity contribution >= 4 is 26.8 Å². The maximum atomic E-state index is 4.57. The minimum absolute atomic E-state index is 0.812. The lowest BCUT2D eigenvalue weighted by Crippen LogP contribution is -1.99. The zero-order chi connectivity index (χ0) is 12.5. The summed E-state index contributed by atoms with van der Waals surface area (Å²) >= 11 is 3.48. The third-order valence-electron chi connectivity index (χ3n) is 2.98. The third-order valence-corrected chi connectivity index (χ3v) is 3.47. The summed E-state index contributed by atoms with van der Waals surface area (Å²) in [6, 6.07) is 14.7. The van der Waals surface area contributed by atoms with Crippen LogP contribution in [0.25, 0.3) is 10.9 Å². The van der Waals surface area contributed by atoms with E-state index in [1.807, 2.05) is 16.8 Å². The van der Waals surface area contributed by atoms with Crippen LogP contribution in [0, 0.1) is 6.92 Å². The largest absolute Gasteiger partial charge is 0.267 e. The van der Waals surface area contributed by atoms with Gasteiger partial charge in [0.15, 0.2) is 0 Å². The van der Waals surface area contributed by atoms with Crippen LogP contribution in [0.2, 0.25) is 0 Å². The van der Waals surface area contributed by atoms with Gasteiger partial charge in [-0.2, -0.15) is 5.10 Å². The molecule has 0 aliphatic carbocycles. The molecule has 90 valence electrons. The van der Waals surface area contributed by atoms with Crippen LogP contribution >= 0.6 is 15.9 Å². The van der Waals surface area contributed by atoms with Gasteiger partial charge in [0.2, 0.25) is 0 Å². The fourth-order valence-electron chi connectivity index (χ4n) is 2.01. The fourth-order valence-corrected chi connectivity index (χ4v) is 2.39. The van der Waals surface area contributed by atoms with E-state index in [1.54, 1.807) is 0 Å². The first kappa shape index (κ1) is 11.5. The topological polar surface area (TPSA) is 17.8 Å². The predicted molar refractivity (Wildman–Crippen MR) is 77.7 cm³/mol. The van der Waals surface area contributed by atoms with E-state index in [9.17, 15) is 0 Å². The molecule has 2 aromatic carbocycles. The van der Waals surface area contributed by atoms with Gasteiger partial charge in [0.25, 0.3) is 0 Å². The number of benzene rings is 2. The van der Waals surface area contributed by atoms with Crippen molar-refractivity contribution in [2.75, 3.05) is 0 Å². The molecule has 1 heterocycles. The van der Waals surface area contributed by atoms with Crippen LogP contribution in [0.1, 0.15) is 11.1 Å². The molecule has 0 aliphatic heterocycles. The maximum Gasteiger partial charge on any atom is 0.0924 e. The highest BCUT2D eigenvalue weighted by Crippen LogP contribution is 2.19. The van der Waals surface area contributed by atoms with Crippen molar-refractivity contribution in [2.24, 2.45) is 0 Å². The van der Waals surface area contributed by atoms with Gasteiger partial charge in [0, 0.05) is 16.1 Å². The van der Waals surface area contributed by atoms with Crippen molar-refractivity contribution in [3.63, 3.8) is 0 Å². The van der Waals surface area contributed by atoms with E-state index in [0.29, 0.717) is 0 Å². The van der Waals surface area contributed by atoms with Crippen LogP contribution < -0.4 is 0 Å². The van der Waals surface area contributed by atoms with E-state index in [2.05, 4.69) is 64.5 Å². The second kappa shape index (κ2) is 4.58. The van der Waals surface area contributed by atoms with Gasteiger partial charge < -0.3 is 0 Å². The van der Waals surface area contributed by atoms with Crippen LogP contribution in [-0.2, 0) is 6.54 Å². The van der Waals surface area contributed by atoms with Crippen LogP contribution in [0.3, 0.4) is 0 Å². The number of rotatable bonds is 2. The number of fused-ring (bicyclic) bond motifs is 1. The molecule has 3 aromatic rings. The lowest BCUT2D eigenvalue weighted by Gasteiger charge is -2.01. The molecule has 0 atom stereocenters. The Bertz CT molecular complexity index is 683. The van der Waals surface area contributed by atoms with Gasteiger partial charge in [0.05, 0.1) is 12.1 Å². The van der Waals surface area contributed by atoms with Crippen LogP contribution in [0.5, 0.6) is 0 Å². The van der Waals surface area contributed by atoms with E-state index in [0.717, 1.165) is 21.9 Å². The number of hydrogen-bond acceptors (Lipinski definition) is 1. The molecule has 0 saturated carbocycles. The van der Waals surface area contributed by atoms with Crippen LogP contribution in [0.4, 0.5) is 0 Å². The van der Waals surface area contributed by atoms with E-state index in [-0.39, 0.29) is 0 Å². The van der Waals surface area contributed by atoms with Crippen molar-refractivity contribution in [1.82, 2.24) is 9.78 Å². The third kappa shape index (κ3) is 2.31. The molecule has 3 rings (SSSR count). The number of halogens is 1. The first-order chi connectivity index (χ1) is 8.70. The standard InChI is InChI=1S/C15H13BrN2/c1-11-2-4-12(5-3-11)9-18-10-13-8-14(16)6-7-15(13)17-18/h2-8,10H,9H2,1H3. The minimum Gasteiger partial charge on any atom is -0.267 e. The number of aromatic nitrogens is 2. The lowest BCUT2D eigenvalue weighted by molar-refractivity contribution is 0.695. The Hall–Kier alpha value is -1.61. The molecule has 0 spiro atoms. The lowest BCUT2D eigenvalue weighted by atomic mass is 10.1. The quantitative estimate of drug-likeness (QED) is 0.695. The Morgan fingerprint density at radius 1 is 1.11 bits per heavy atom. The number of nitrogens with zero attached hydrogens (tertiary/aromatic N) is 2. The molecule has 0 bridgehead atoms. The molecule has 0 N–H and O–H groups in total. The Kier molecular flexibility index (Phi) is 2.92. The van der Waals surface area contributed by atoms with E-state index >= 15 is 0 Å². The summed E-state index contributed by atoms with van der Waals surface area (Å²) in [4.78, 5) is 0. The van der Waals surface area contributed by atoms with Crippen molar-refractivity contribution in [2.45, 2.75) is 13.5 Å². The molecule has 0 unspecified atom stereocenters. The van der Waals surface area contributed by atoms with Crippen LogP contribution in [0.15, 0.2) is 53.1 Å². The second-order valence-electron chi connectivity index (χ2n) is 4.52. The van der Waals surface area contributed by atoms with Gasteiger partial charge in [-0.15, -0.1) is 0 Å². The average molecular weight is 301 g/mol. The summed E-state index contributed by atoms with van der Waals surface area (Å²) in [5.41, 5.74) is 3.59. The molecule has 0 saturated heterocycles. The summed E-state index contributed by atoms with van der Waals surface area (Å²) < 4.78 is 3.08. The Morgan fingerprint density at radius 3 is 2.67 bits per heavy atom. The fraction of sp³-hybridized carbons (Fsp3) is 0.133. The molecule has 0 radical (unpaired) electrons. The van der Waals surface area contributed by atoms with E-state index in [1.165, 1.54) is 11.1 Å². The molecule has 0 aliphatic rings. The molecule has 18 heavy (non-hydrogen) atoms. The maximum absolute atomic E-state index is 4.57. The summed E-state index contributed by atoms with van der Waals surface area (Å²) in [5.74, 6) is 0. The monoisotopic (exact) mass is 300 g/mol. The normalized spacial score (nSPS) is 11.0. The van der Waals surface area contributed by atoms with Gasteiger partial charge in [0.1, 0.15) is 0 Å². The van der Waals surface area contributed by atoms with Gasteiger partial charge in [-0.25, -0.2) is 0 Å². The van der Waals surface area contributed by atoms with Gasteiger partial charge >= 0.3 is 0 Å². The molecular weight excluding hydrogens is 288 g/mol. The van der Waals surface area contributed by atoms with E-state index < -0.39 is 0 Å². The van der Waals surface area contributed by atoms with Crippen molar-refractivity contribution in [1.29, 1.82) is 0 Å². The smallest absolute Gasteiger partial charge is 0.0924 e. The second-order valence-corrected chi connectivity index (χ2v) is 5.43. The molecule has 0 fully saturated rings. The van der Waals surface area contributed by atoms with Gasteiger partial charge in [-0.3, -0.25) is 4.68 Å². The highest BCUT2D eigenvalue weighted by Gasteiger charge is 2.02. The summed E-state index contributed by atoms with van der Waals surface area (Å²) in [5, 5.41) is 5.73. The minimum atomic E-state index is 0.812. The van der Waals surface area contributed by atoms with Crippen molar-refractivity contribution in [3.8, 4) is 0 Å². The summed E-state index contributed by atoms with van der Waals surface area (Å²) in [6.07, 6.45) is 2.08. The van der Waals surface area contributed by atoms with Crippen molar-refractivity contribution < 1.29 is 0 Å². The van der Waals surface area contributed by atoms with E-state index in [4.69, 9.17) is 0 Å². The molecule has 0 amide bonds. The first-order valence-electron chi connectivity index (χ1n) is 5.89. The zero-order valence-electron chi connectivity index (χ0n) is 10.1. The Balaban J connectivity index is 1.92. The van der Waals surface area contributed by atoms with Crippen LogP contribution in [-0.4, -0.2) is 9.78 Å². The average Bonchev–Trinajstić information content (AvgIpc) is 2.73. The van der Waals surface area contributed by atoms with Gasteiger partial charge in [-0.05, 0) is 30.7 Å². The zero-order valence-corrected chi connectivity index (χ0v) is 11.7. The number of hydrogen-bond donors (Lipinski definition) is 0. The number of aryl methyl sites for hydroxylation is 1. The highest BCUT2D eigenvalue weighted by molar-refractivity contribution is 9.10. The predicted octanol–water partition coefficient (Wildman–Crippen LogP) is 4.16. The molecule has 2 nitrogen and oxygen atoms in total. The Morgan fingerprint density at radius 2 is 1.89 bits per heavy atom. The van der Waals surface area contributed by atoms with Crippen molar-refractivity contribution in [3.05, 3.63) is 64.3 Å². The molecular formula is C15H13BrN2. The Labute approximate surface area is 114 Å². The molecule has 1 aromatic heterocycles. The highest BCUT2D eigenvalue weighted by atomic mass is 79.9.